The molecule has 2 aromatic carbocycles. The van der Waals surface area contributed by atoms with Crippen molar-refractivity contribution < 1.29 is 19.4 Å². The number of aliphatic carboxylic acids is 1. The van der Waals surface area contributed by atoms with E-state index in [-0.39, 0.29) is 6.61 Å². The van der Waals surface area contributed by atoms with E-state index in [1.54, 1.807) is 6.08 Å². The summed E-state index contributed by atoms with van der Waals surface area (Å²) < 4.78 is 11.0. The van der Waals surface area contributed by atoms with Crippen LogP contribution in [0.15, 0.2) is 61.2 Å². The van der Waals surface area contributed by atoms with Gasteiger partial charge in [0.25, 0.3) is 0 Å². The summed E-state index contributed by atoms with van der Waals surface area (Å²) in [5.74, 6) is 0.463. The lowest BCUT2D eigenvalue weighted by Crippen LogP contribution is -1.96. The fourth-order valence-corrected chi connectivity index (χ4v) is 1.83. The Morgan fingerprint density at radius 1 is 1.05 bits per heavy atom. The molecule has 0 aliphatic heterocycles. The van der Waals surface area contributed by atoms with E-state index in [9.17, 15) is 4.79 Å². The minimum atomic E-state index is -0.985. The maximum absolute atomic E-state index is 10.3. The average molecular weight is 284 g/mol. The summed E-state index contributed by atoms with van der Waals surface area (Å²) in [6, 6.07) is 11.5. The largest absolute Gasteiger partial charge is 0.490 e. The molecule has 21 heavy (non-hydrogen) atoms. The van der Waals surface area contributed by atoms with Crippen LogP contribution in [0.5, 0.6) is 11.5 Å². The van der Waals surface area contributed by atoms with E-state index >= 15 is 0 Å². The Balaban J connectivity index is 2.11. The molecule has 0 bridgehead atoms. The van der Waals surface area contributed by atoms with Crippen molar-refractivity contribution in [1.29, 1.82) is 0 Å². The molecule has 4 nitrogen and oxygen atoms in total. The van der Waals surface area contributed by atoms with Gasteiger partial charge in [-0.25, -0.2) is 4.79 Å². The number of fused-ring (bicyclic) bond motifs is 1. The summed E-state index contributed by atoms with van der Waals surface area (Å²) in [6.45, 7) is 4.29. The SMILES string of the molecule is C=CCOc1ccc2ccc(OC/C=C/C(=O)O)cc2c1. The van der Waals surface area contributed by atoms with Gasteiger partial charge in [0.1, 0.15) is 24.7 Å². The molecular weight excluding hydrogens is 268 g/mol. The third kappa shape index (κ3) is 4.38. The Labute approximate surface area is 122 Å². The van der Waals surface area contributed by atoms with Gasteiger partial charge in [-0.05, 0) is 41.1 Å². The van der Waals surface area contributed by atoms with Crippen molar-refractivity contribution in [3.63, 3.8) is 0 Å². The number of carbonyl (C=O) groups is 1. The predicted octanol–water partition coefficient (Wildman–Crippen LogP) is 3.42. The van der Waals surface area contributed by atoms with E-state index in [1.165, 1.54) is 6.08 Å². The first-order valence-corrected chi connectivity index (χ1v) is 6.49. The first-order chi connectivity index (χ1) is 10.2. The van der Waals surface area contributed by atoms with Crippen molar-refractivity contribution in [3.05, 3.63) is 61.2 Å². The molecule has 0 aliphatic rings. The Bertz CT molecular complexity index is 674. The highest BCUT2D eigenvalue weighted by molar-refractivity contribution is 5.85. The van der Waals surface area contributed by atoms with Crippen LogP contribution in [0.25, 0.3) is 10.8 Å². The van der Waals surface area contributed by atoms with Crippen LogP contribution in [0.4, 0.5) is 0 Å². The molecule has 0 heterocycles. The molecule has 2 rings (SSSR count). The molecule has 4 heteroatoms. The van der Waals surface area contributed by atoms with E-state index in [2.05, 4.69) is 6.58 Å². The lowest BCUT2D eigenvalue weighted by atomic mass is 10.1. The van der Waals surface area contributed by atoms with Crippen molar-refractivity contribution in [1.82, 2.24) is 0 Å². The lowest BCUT2D eigenvalue weighted by Gasteiger charge is -2.07. The fourth-order valence-electron chi connectivity index (χ4n) is 1.83. The molecule has 0 fully saturated rings. The second-order valence-electron chi connectivity index (χ2n) is 4.32. The molecule has 0 aromatic heterocycles. The van der Waals surface area contributed by atoms with E-state index < -0.39 is 5.97 Å². The molecule has 0 saturated carbocycles. The zero-order chi connectivity index (χ0) is 15.1. The van der Waals surface area contributed by atoms with Crippen LogP contribution in [0.2, 0.25) is 0 Å². The Hall–Kier alpha value is -2.75. The second-order valence-corrected chi connectivity index (χ2v) is 4.32. The predicted molar refractivity (Wildman–Crippen MR) is 81.9 cm³/mol. The van der Waals surface area contributed by atoms with Crippen molar-refractivity contribution in [2.75, 3.05) is 13.2 Å². The average Bonchev–Trinajstić information content (AvgIpc) is 2.49. The third-order valence-corrected chi connectivity index (χ3v) is 2.76. The van der Waals surface area contributed by atoms with E-state index in [0.29, 0.717) is 12.4 Å². The maximum atomic E-state index is 10.3. The van der Waals surface area contributed by atoms with Gasteiger partial charge in [-0.1, -0.05) is 24.8 Å². The topological polar surface area (TPSA) is 55.8 Å². The van der Waals surface area contributed by atoms with Crippen molar-refractivity contribution in [3.8, 4) is 11.5 Å². The summed E-state index contributed by atoms with van der Waals surface area (Å²) in [5, 5.41) is 10.6. The number of rotatable bonds is 7. The van der Waals surface area contributed by atoms with Crippen molar-refractivity contribution in [2.24, 2.45) is 0 Å². The molecule has 1 N–H and O–H groups in total. The summed E-state index contributed by atoms with van der Waals surface area (Å²) >= 11 is 0. The number of ether oxygens (including phenoxy) is 2. The highest BCUT2D eigenvalue weighted by Gasteiger charge is 2.00. The zero-order valence-corrected chi connectivity index (χ0v) is 11.5. The monoisotopic (exact) mass is 284 g/mol. The van der Waals surface area contributed by atoms with Gasteiger partial charge in [-0.2, -0.15) is 0 Å². The van der Waals surface area contributed by atoms with E-state index in [4.69, 9.17) is 14.6 Å². The maximum Gasteiger partial charge on any atom is 0.328 e. The van der Waals surface area contributed by atoms with Gasteiger partial charge in [0.05, 0.1) is 0 Å². The fraction of sp³-hybridized carbons (Fsp3) is 0.118. The van der Waals surface area contributed by atoms with Crippen molar-refractivity contribution >= 4 is 16.7 Å². The molecule has 108 valence electrons. The van der Waals surface area contributed by atoms with Gasteiger partial charge >= 0.3 is 5.97 Å². The van der Waals surface area contributed by atoms with Crippen LogP contribution >= 0.6 is 0 Å². The van der Waals surface area contributed by atoms with Gasteiger partial charge in [0, 0.05) is 6.08 Å². The number of hydrogen-bond donors (Lipinski definition) is 1. The molecule has 0 atom stereocenters. The van der Waals surface area contributed by atoms with Gasteiger partial charge in [0.15, 0.2) is 0 Å². The second kappa shape index (κ2) is 7.14. The number of carboxylic acid groups (broad SMARTS) is 1. The molecule has 0 radical (unpaired) electrons. The van der Waals surface area contributed by atoms with Crippen LogP contribution in [0.3, 0.4) is 0 Å². The van der Waals surface area contributed by atoms with Crippen molar-refractivity contribution in [2.45, 2.75) is 0 Å². The van der Waals surface area contributed by atoms with Gasteiger partial charge in [-0.3, -0.25) is 0 Å². The number of hydrogen-bond acceptors (Lipinski definition) is 3. The molecule has 0 unspecified atom stereocenters. The molecular formula is C17H16O4. The quantitative estimate of drug-likeness (QED) is 0.625. The molecule has 2 aromatic rings. The van der Waals surface area contributed by atoms with Crippen LogP contribution in [-0.2, 0) is 4.79 Å². The van der Waals surface area contributed by atoms with Gasteiger partial charge < -0.3 is 14.6 Å². The van der Waals surface area contributed by atoms with Gasteiger partial charge in [0.2, 0.25) is 0 Å². The standard InChI is InChI=1S/C17H16O4/c1-2-9-20-15-7-5-13-6-8-16(12-14(13)11-15)21-10-3-4-17(18)19/h2-8,11-12H,1,9-10H2,(H,18,19)/b4-3+. The Morgan fingerprint density at radius 3 is 2.24 bits per heavy atom. The van der Waals surface area contributed by atoms with Crippen LogP contribution in [-0.4, -0.2) is 24.3 Å². The Morgan fingerprint density at radius 2 is 1.67 bits per heavy atom. The minimum absolute atomic E-state index is 0.213. The molecule has 0 amide bonds. The number of benzene rings is 2. The van der Waals surface area contributed by atoms with Crippen LogP contribution in [0, 0.1) is 0 Å². The number of carboxylic acids is 1. The Kier molecular flexibility index (Phi) is 4.99. The first-order valence-electron chi connectivity index (χ1n) is 6.49. The summed E-state index contributed by atoms with van der Waals surface area (Å²) in [7, 11) is 0. The zero-order valence-electron chi connectivity index (χ0n) is 11.5. The highest BCUT2D eigenvalue weighted by atomic mass is 16.5. The summed E-state index contributed by atoms with van der Waals surface area (Å²) in [5.41, 5.74) is 0. The molecule has 0 aliphatic carbocycles. The third-order valence-electron chi connectivity index (χ3n) is 2.76. The van der Waals surface area contributed by atoms with Crippen LogP contribution in [0.1, 0.15) is 0 Å². The van der Waals surface area contributed by atoms with E-state index in [0.717, 1.165) is 22.6 Å². The van der Waals surface area contributed by atoms with E-state index in [1.807, 2.05) is 36.4 Å². The smallest absolute Gasteiger partial charge is 0.328 e. The van der Waals surface area contributed by atoms with Crippen LogP contribution < -0.4 is 9.47 Å². The first kappa shape index (κ1) is 14.7. The summed E-state index contributed by atoms with van der Waals surface area (Å²) in [4.78, 5) is 10.3. The minimum Gasteiger partial charge on any atom is -0.490 e. The summed E-state index contributed by atoms with van der Waals surface area (Å²) in [6.07, 6.45) is 4.21. The van der Waals surface area contributed by atoms with Gasteiger partial charge in [-0.15, -0.1) is 0 Å². The highest BCUT2D eigenvalue weighted by Crippen LogP contribution is 2.25. The molecule has 0 spiro atoms. The molecule has 0 saturated heterocycles. The lowest BCUT2D eigenvalue weighted by molar-refractivity contribution is -0.131. The normalized spacial score (nSPS) is 10.7.